The molecule has 4 unspecified atom stereocenters. The summed E-state index contributed by atoms with van der Waals surface area (Å²) >= 11 is 0. The molecule has 5 nitrogen and oxygen atoms in total. The highest BCUT2D eigenvalue weighted by Gasteiger charge is 2.41. The molecule has 114 valence electrons. The third-order valence-electron chi connectivity index (χ3n) is 4.01. The van der Waals surface area contributed by atoms with Crippen molar-refractivity contribution >= 4 is 17.6 Å². The molecule has 0 bridgehead atoms. The van der Waals surface area contributed by atoms with Gasteiger partial charge in [-0.2, -0.15) is 0 Å². The van der Waals surface area contributed by atoms with Gasteiger partial charge in [0, 0.05) is 5.69 Å². The molecule has 1 aromatic carbocycles. The van der Waals surface area contributed by atoms with E-state index in [-0.39, 0.29) is 35.6 Å². The number of carboxylic acid groups (broad SMARTS) is 1. The number of anilines is 1. The van der Waals surface area contributed by atoms with E-state index in [0.29, 0.717) is 0 Å². The van der Waals surface area contributed by atoms with Crippen molar-refractivity contribution in [2.24, 2.45) is 11.8 Å². The number of ether oxygens (including phenoxy) is 1. The Bertz CT molecular complexity index is 575. The second-order valence-electron chi connectivity index (χ2n) is 5.42. The first-order chi connectivity index (χ1) is 9.81. The third kappa shape index (κ3) is 3.05. The van der Waals surface area contributed by atoms with Gasteiger partial charge in [-0.25, -0.2) is 9.18 Å². The minimum Gasteiger partial charge on any atom is -0.478 e. The number of carbonyl (C=O) groups is 2. The summed E-state index contributed by atoms with van der Waals surface area (Å²) in [5.41, 5.74) is -0.206. The maximum Gasteiger partial charge on any atom is 0.338 e. The molecule has 0 saturated carbocycles. The highest BCUT2D eigenvalue weighted by molar-refractivity contribution is 5.95. The number of nitrogens with one attached hydrogen (secondary N) is 1. The summed E-state index contributed by atoms with van der Waals surface area (Å²) in [7, 11) is 0. The van der Waals surface area contributed by atoms with Gasteiger partial charge < -0.3 is 15.2 Å². The Kier molecular flexibility index (Phi) is 4.27. The van der Waals surface area contributed by atoms with Gasteiger partial charge in [-0.05, 0) is 38.0 Å². The van der Waals surface area contributed by atoms with Crippen LogP contribution in [0.4, 0.5) is 10.1 Å². The summed E-state index contributed by atoms with van der Waals surface area (Å²) in [6.07, 6.45) is -0.229. The lowest BCUT2D eigenvalue weighted by Crippen LogP contribution is -2.32. The first-order valence-corrected chi connectivity index (χ1v) is 6.80. The van der Waals surface area contributed by atoms with Crippen molar-refractivity contribution in [2.75, 3.05) is 5.32 Å². The van der Waals surface area contributed by atoms with Crippen LogP contribution in [0.3, 0.4) is 0 Å². The number of aromatic carboxylic acids is 1. The number of rotatable bonds is 3. The average molecular weight is 295 g/mol. The van der Waals surface area contributed by atoms with Crippen LogP contribution in [0.1, 0.15) is 31.1 Å². The van der Waals surface area contributed by atoms with Crippen LogP contribution >= 0.6 is 0 Å². The topological polar surface area (TPSA) is 75.6 Å². The molecule has 6 heteroatoms. The molecule has 1 heterocycles. The maximum atomic E-state index is 13.3. The van der Waals surface area contributed by atoms with Gasteiger partial charge in [-0.15, -0.1) is 0 Å². The molecule has 2 N–H and O–H groups in total. The highest BCUT2D eigenvalue weighted by Crippen LogP contribution is 2.33. The lowest BCUT2D eigenvalue weighted by atomic mass is 9.89. The highest BCUT2D eigenvalue weighted by atomic mass is 19.1. The normalized spacial score (nSPS) is 28.4. The van der Waals surface area contributed by atoms with Crippen molar-refractivity contribution < 1.29 is 23.8 Å². The molecule has 0 aromatic heterocycles. The monoisotopic (exact) mass is 295 g/mol. The van der Waals surface area contributed by atoms with Gasteiger partial charge >= 0.3 is 5.97 Å². The van der Waals surface area contributed by atoms with Gasteiger partial charge in [0.25, 0.3) is 0 Å². The van der Waals surface area contributed by atoms with Crippen molar-refractivity contribution in [3.63, 3.8) is 0 Å². The molecule has 1 aliphatic rings. The van der Waals surface area contributed by atoms with E-state index in [1.165, 1.54) is 6.07 Å². The standard InChI is InChI=1S/C15H18FNO4/c1-7-8(2)21-9(3)13(7)14(18)17-10-4-5-12(16)11(6-10)15(19)20/h4-9,13H,1-3H3,(H,17,18)(H,19,20). The molecule has 1 aromatic rings. The Hall–Kier alpha value is -1.95. The van der Waals surface area contributed by atoms with E-state index in [2.05, 4.69) is 5.32 Å². The molecule has 0 radical (unpaired) electrons. The number of carbonyl (C=O) groups excluding carboxylic acids is 1. The van der Waals surface area contributed by atoms with Crippen LogP contribution < -0.4 is 5.32 Å². The van der Waals surface area contributed by atoms with E-state index in [0.717, 1.165) is 12.1 Å². The zero-order valence-electron chi connectivity index (χ0n) is 12.1. The van der Waals surface area contributed by atoms with Crippen molar-refractivity contribution in [1.29, 1.82) is 0 Å². The molecular formula is C15H18FNO4. The van der Waals surface area contributed by atoms with E-state index < -0.39 is 17.3 Å². The predicted molar refractivity (Wildman–Crippen MR) is 74.7 cm³/mol. The predicted octanol–water partition coefficient (Wildman–Crippen LogP) is 2.52. The molecule has 21 heavy (non-hydrogen) atoms. The van der Waals surface area contributed by atoms with Gasteiger partial charge in [-0.1, -0.05) is 6.92 Å². The van der Waals surface area contributed by atoms with Crippen LogP contribution in [0.15, 0.2) is 18.2 Å². The summed E-state index contributed by atoms with van der Waals surface area (Å²) in [4.78, 5) is 23.2. The van der Waals surface area contributed by atoms with Crippen molar-refractivity contribution in [3.05, 3.63) is 29.6 Å². The molecule has 4 atom stereocenters. The molecule has 2 rings (SSSR count). The number of hydrogen-bond acceptors (Lipinski definition) is 3. The SMILES string of the molecule is CC1OC(C)C(C(=O)Nc2ccc(F)c(C(=O)O)c2)C1C. The van der Waals surface area contributed by atoms with Crippen LogP contribution in [0, 0.1) is 17.7 Å². The zero-order chi connectivity index (χ0) is 15.7. The molecule has 1 aliphatic heterocycles. The number of halogens is 1. The average Bonchev–Trinajstić information content (AvgIpc) is 2.65. The van der Waals surface area contributed by atoms with Gasteiger partial charge in [0.1, 0.15) is 5.82 Å². The minimum atomic E-state index is -1.37. The number of hydrogen-bond donors (Lipinski definition) is 2. The number of benzene rings is 1. The van der Waals surface area contributed by atoms with E-state index in [1.807, 2.05) is 20.8 Å². The number of amides is 1. The number of carboxylic acids is 1. The van der Waals surface area contributed by atoms with E-state index in [4.69, 9.17) is 9.84 Å². The van der Waals surface area contributed by atoms with Gasteiger partial charge in [0.05, 0.1) is 23.7 Å². The summed E-state index contributed by atoms with van der Waals surface area (Å²) in [6.45, 7) is 5.68. The second kappa shape index (κ2) is 5.81. The summed E-state index contributed by atoms with van der Waals surface area (Å²) < 4.78 is 18.9. The summed E-state index contributed by atoms with van der Waals surface area (Å²) in [5.74, 6) is -2.72. The minimum absolute atomic E-state index is 0.0152. The first-order valence-electron chi connectivity index (χ1n) is 6.80. The molecule has 0 spiro atoms. The fourth-order valence-corrected chi connectivity index (χ4v) is 2.71. The van der Waals surface area contributed by atoms with Crippen LogP contribution in [-0.2, 0) is 9.53 Å². The third-order valence-corrected chi connectivity index (χ3v) is 4.01. The van der Waals surface area contributed by atoms with Crippen molar-refractivity contribution in [1.82, 2.24) is 0 Å². The lowest BCUT2D eigenvalue weighted by molar-refractivity contribution is -0.121. The smallest absolute Gasteiger partial charge is 0.338 e. The zero-order valence-corrected chi connectivity index (χ0v) is 12.1. The first kappa shape index (κ1) is 15.4. The van der Waals surface area contributed by atoms with Crippen molar-refractivity contribution in [2.45, 2.75) is 33.0 Å². The fraction of sp³-hybridized carbons (Fsp3) is 0.467. The van der Waals surface area contributed by atoms with Gasteiger partial charge in [-0.3, -0.25) is 4.79 Å². The van der Waals surface area contributed by atoms with Crippen LogP contribution in [0.25, 0.3) is 0 Å². The maximum absolute atomic E-state index is 13.3. The van der Waals surface area contributed by atoms with Crippen molar-refractivity contribution in [3.8, 4) is 0 Å². The molecule has 1 amide bonds. The Balaban J connectivity index is 2.17. The van der Waals surface area contributed by atoms with E-state index >= 15 is 0 Å². The van der Waals surface area contributed by atoms with Crippen LogP contribution in [0.5, 0.6) is 0 Å². The quantitative estimate of drug-likeness (QED) is 0.898. The Morgan fingerprint density at radius 1 is 1.24 bits per heavy atom. The molecule has 1 fully saturated rings. The molecule has 0 aliphatic carbocycles. The summed E-state index contributed by atoms with van der Waals surface area (Å²) in [6, 6.07) is 3.48. The largest absolute Gasteiger partial charge is 0.478 e. The lowest BCUT2D eigenvalue weighted by Gasteiger charge is -2.18. The Morgan fingerprint density at radius 2 is 1.90 bits per heavy atom. The summed E-state index contributed by atoms with van der Waals surface area (Å²) in [5, 5.41) is 11.5. The Labute approximate surface area is 122 Å². The fourth-order valence-electron chi connectivity index (χ4n) is 2.71. The Morgan fingerprint density at radius 3 is 2.43 bits per heavy atom. The van der Waals surface area contributed by atoms with Crippen LogP contribution in [0.2, 0.25) is 0 Å². The van der Waals surface area contributed by atoms with Crippen LogP contribution in [-0.4, -0.2) is 29.2 Å². The molecular weight excluding hydrogens is 277 g/mol. The van der Waals surface area contributed by atoms with Gasteiger partial charge in [0.2, 0.25) is 5.91 Å². The molecule has 1 saturated heterocycles. The van der Waals surface area contributed by atoms with E-state index in [1.54, 1.807) is 0 Å². The van der Waals surface area contributed by atoms with Gasteiger partial charge in [0.15, 0.2) is 0 Å². The van der Waals surface area contributed by atoms with E-state index in [9.17, 15) is 14.0 Å². The second-order valence-corrected chi connectivity index (χ2v) is 5.42.